The van der Waals surface area contributed by atoms with E-state index in [0.29, 0.717) is 31.6 Å². The molecule has 0 unspecified atom stereocenters. The van der Waals surface area contributed by atoms with E-state index in [-0.39, 0.29) is 10.8 Å². The number of hydrogen-bond acceptors (Lipinski definition) is 4. The van der Waals surface area contributed by atoms with E-state index in [2.05, 4.69) is 10.3 Å². The van der Waals surface area contributed by atoms with Gasteiger partial charge in [-0.2, -0.15) is 4.31 Å². The lowest BCUT2D eigenvalue weighted by Gasteiger charge is -2.22. The molecule has 2 aliphatic heterocycles. The van der Waals surface area contributed by atoms with Crippen LogP contribution in [0.4, 0.5) is 5.69 Å². The smallest absolute Gasteiger partial charge is 0.243 e. The number of rotatable bonds is 2. The van der Waals surface area contributed by atoms with Crippen LogP contribution < -0.4 is 5.32 Å². The molecule has 4 rings (SSSR count). The van der Waals surface area contributed by atoms with Crippen LogP contribution in [0.25, 0.3) is 0 Å². The van der Waals surface area contributed by atoms with Gasteiger partial charge in [0.2, 0.25) is 15.9 Å². The Hall–Kier alpha value is -2.19. The highest BCUT2D eigenvalue weighted by molar-refractivity contribution is 7.89. The summed E-state index contributed by atoms with van der Waals surface area (Å²) in [5.41, 5.74) is 2.48. The van der Waals surface area contributed by atoms with E-state index >= 15 is 0 Å². The van der Waals surface area contributed by atoms with Gasteiger partial charge in [-0.05, 0) is 36.6 Å². The molecule has 0 saturated carbocycles. The normalized spacial score (nSPS) is 18.4. The summed E-state index contributed by atoms with van der Waals surface area (Å²) in [5.74, 6) is -0.0288. The highest BCUT2D eigenvalue weighted by atomic mass is 32.2. The molecule has 1 N–H and O–H groups in total. The largest absolute Gasteiger partial charge is 0.333 e. The molecule has 24 heavy (non-hydrogen) atoms. The zero-order valence-electron chi connectivity index (χ0n) is 13.1. The Balaban J connectivity index is 1.67. The van der Waals surface area contributed by atoms with E-state index in [4.69, 9.17) is 0 Å². The van der Waals surface area contributed by atoms with Crippen LogP contribution in [-0.2, 0) is 34.3 Å². The molecule has 0 fully saturated rings. The third-order valence-corrected chi connectivity index (χ3v) is 6.39. The molecule has 3 heterocycles. The molecule has 0 aliphatic carbocycles. The zero-order valence-corrected chi connectivity index (χ0v) is 13.9. The molecule has 2 aliphatic rings. The first-order valence-electron chi connectivity index (χ1n) is 7.96. The van der Waals surface area contributed by atoms with Crippen LogP contribution in [0, 0.1) is 0 Å². The Labute approximate surface area is 140 Å². The van der Waals surface area contributed by atoms with Crippen molar-refractivity contribution in [2.24, 2.45) is 0 Å². The molecule has 0 spiro atoms. The van der Waals surface area contributed by atoms with Gasteiger partial charge in [0.15, 0.2) is 0 Å². The number of amides is 1. The number of carbonyl (C=O) groups excluding carboxylic acids is 1. The molecular weight excluding hydrogens is 328 g/mol. The number of hydrogen-bond donors (Lipinski definition) is 1. The first-order valence-corrected chi connectivity index (χ1v) is 9.40. The summed E-state index contributed by atoms with van der Waals surface area (Å²) in [6, 6.07) is 4.94. The topological polar surface area (TPSA) is 84.3 Å². The molecule has 8 heteroatoms. The van der Waals surface area contributed by atoms with E-state index < -0.39 is 10.0 Å². The highest BCUT2D eigenvalue weighted by Gasteiger charge is 2.28. The van der Waals surface area contributed by atoms with Gasteiger partial charge in [-0.15, -0.1) is 0 Å². The quantitative estimate of drug-likeness (QED) is 0.890. The number of imidazole rings is 1. The molecular formula is C16H18N4O3S. The van der Waals surface area contributed by atoms with Crippen LogP contribution in [-0.4, -0.2) is 34.7 Å². The predicted molar refractivity (Wildman–Crippen MR) is 87.8 cm³/mol. The van der Waals surface area contributed by atoms with Crippen LogP contribution >= 0.6 is 0 Å². The van der Waals surface area contributed by atoms with Gasteiger partial charge in [0, 0.05) is 31.4 Å². The Kier molecular flexibility index (Phi) is 3.65. The van der Waals surface area contributed by atoms with Crippen LogP contribution in [0.3, 0.4) is 0 Å². The predicted octanol–water partition coefficient (Wildman–Crippen LogP) is 1.36. The molecule has 0 bridgehead atoms. The second-order valence-electron chi connectivity index (χ2n) is 6.14. The van der Waals surface area contributed by atoms with Crippen LogP contribution in [0.15, 0.2) is 35.6 Å². The summed E-state index contributed by atoms with van der Waals surface area (Å²) >= 11 is 0. The molecule has 7 nitrogen and oxygen atoms in total. The third-order valence-electron chi connectivity index (χ3n) is 4.55. The number of nitrogens with zero attached hydrogens (tertiary/aromatic N) is 3. The number of aromatic nitrogens is 2. The fourth-order valence-electron chi connectivity index (χ4n) is 3.23. The summed E-state index contributed by atoms with van der Waals surface area (Å²) < 4.78 is 29.6. The number of aryl methyl sites for hydroxylation is 2. The zero-order chi connectivity index (χ0) is 16.7. The minimum absolute atomic E-state index is 0.0288. The first kappa shape index (κ1) is 15.3. The average molecular weight is 346 g/mol. The third kappa shape index (κ3) is 2.61. The SMILES string of the molecule is O=C1CCc2cc(S(=O)(=O)N3CCCn4cncc4C3)ccc2N1. The van der Waals surface area contributed by atoms with Crippen molar-refractivity contribution in [1.29, 1.82) is 0 Å². The molecule has 0 radical (unpaired) electrons. The molecule has 1 aromatic heterocycles. The van der Waals surface area contributed by atoms with E-state index in [0.717, 1.165) is 24.2 Å². The standard InChI is InChI=1S/C16H18N4O3S/c21-16-5-2-12-8-14(3-4-15(12)18-16)24(22,23)20-7-1-6-19-11-17-9-13(19)10-20/h3-4,8-9,11H,1-2,5-7,10H2,(H,18,21). The average Bonchev–Trinajstić information content (AvgIpc) is 2.90. The maximum absolute atomic E-state index is 13.0. The number of benzene rings is 1. The fraction of sp³-hybridized carbons (Fsp3) is 0.375. The van der Waals surface area contributed by atoms with Gasteiger partial charge >= 0.3 is 0 Å². The Morgan fingerprint density at radius 2 is 2.04 bits per heavy atom. The Morgan fingerprint density at radius 3 is 2.92 bits per heavy atom. The van der Waals surface area contributed by atoms with Crippen molar-refractivity contribution >= 4 is 21.6 Å². The summed E-state index contributed by atoms with van der Waals surface area (Å²) in [7, 11) is -3.57. The number of sulfonamides is 1. The minimum Gasteiger partial charge on any atom is -0.333 e. The maximum atomic E-state index is 13.0. The van der Waals surface area contributed by atoms with Crippen molar-refractivity contribution in [3.63, 3.8) is 0 Å². The lowest BCUT2D eigenvalue weighted by Crippen LogP contribution is -2.31. The van der Waals surface area contributed by atoms with Gasteiger partial charge < -0.3 is 9.88 Å². The van der Waals surface area contributed by atoms with Gasteiger partial charge in [0.1, 0.15) is 0 Å². The van der Waals surface area contributed by atoms with Gasteiger partial charge in [-0.3, -0.25) is 4.79 Å². The van der Waals surface area contributed by atoms with Crippen molar-refractivity contribution < 1.29 is 13.2 Å². The first-order chi connectivity index (χ1) is 11.5. The summed E-state index contributed by atoms with van der Waals surface area (Å²) in [6.07, 6.45) is 5.17. The van der Waals surface area contributed by atoms with E-state index in [1.807, 2.05) is 4.57 Å². The monoisotopic (exact) mass is 346 g/mol. The van der Waals surface area contributed by atoms with Crippen LogP contribution in [0.1, 0.15) is 24.1 Å². The van der Waals surface area contributed by atoms with E-state index in [1.165, 1.54) is 4.31 Å². The molecule has 126 valence electrons. The van der Waals surface area contributed by atoms with Gasteiger partial charge in [0.05, 0.1) is 23.5 Å². The second-order valence-corrected chi connectivity index (χ2v) is 8.08. The molecule has 1 aromatic carbocycles. The van der Waals surface area contributed by atoms with Crippen molar-refractivity contribution in [1.82, 2.24) is 13.9 Å². The van der Waals surface area contributed by atoms with Crippen molar-refractivity contribution in [2.75, 3.05) is 11.9 Å². The number of nitrogens with one attached hydrogen (secondary N) is 1. The molecule has 0 atom stereocenters. The van der Waals surface area contributed by atoms with E-state index in [1.54, 1.807) is 30.7 Å². The lowest BCUT2D eigenvalue weighted by molar-refractivity contribution is -0.116. The number of anilines is 1. The lowest BCUT2D eigenvalue weighted by atomic mass is 10.0. The fourth-order valence-corrected chi connectivity index (χ4v) is 4.73. The van der Waals surface area contributed by atoms with Crippen LogP contribution in [0.2, 0.25) is 0 Å². The Morgan fingerprint density at radius 1 is 1.17 bits per heavy atom. The van der Waals surface area contributed by atoms with Gasteiger partial charge in [0.25, 0.3) is 0 Å². The minimum atomic E-state index is -3.57. The van der Waals surface area contributed by atoms with Gasteiger partial charge in [-0.1, -0.05) is 0 Å². The molecule has 0 saturated heterocycles. The van der Waals surface area contributed by atoms with Gasteiger partial charge in [-0.25, -0.2) is 13.4 Å². The summed E-state index contributed by atoms with van der Waals surface area (Å²) in [5, 5.41) is 2.78. The Bertz CT molecular complexity index is 904. The summed E-state index contributed by atoms with van der Waals surface area (Å²) in [6.45, 7) is 1.59. The number of fused-ring (bicyclic) bond motifs is 2. The molecule has 2 aromatic rings. The second kappa shape index (κ2) is 5.71. The van der Waals surface area contributed by atoms with Crippen molar-refractivity contribution in [3.05, 3.63) is 42.0 Å². The number of carbonyl (C=O) groups is 1. The van der Waals surface area contributed by atoms with Crippen molar-refractivity contribution in [2.45, 2.75) is 37.2 Å². The summed E-state index contributed by atoms with van der Waals surface area (Å²) in [4.78, 5) is 15.8. The highest BCUT2D eigenvalue weighted by Crippen LogP contribution is 2.28. The maximum Gasteiger partial charge on any atom is 0.243 e. The van der Waals surface area contributed by atoms with E-state index in [9.17, 15) is 13.2 Å². The molecule has 1 amide bonds. The van der Waals surface area contributed by atoms with Crippen LogP contribution in [0.5, 0.6) is 0 Å². The van der Waals surface area contributed by atoms with Crippen molar-refractivity contribution in [3.8, 4) is 0 Å².